The van der Waals surface area contributed by atoms with Gasteiger partial charge in [0.1, 0.15) is 18.1 Å². The molecule has 0 radical (unpaired) electrons. The summed E-state index contributed by atoms with van der Waals surface area (Å²) in [7, 11) is -4.45. The van der Waals surface area contributed by atoms with Gasteiger partial charge in [0.2, 0.25) is 5.95 Å². The predicted molar refractivity (Wildman–Crippen MR) is 116 cm³/mol. The normalized spacial score (nSPS) is 15.3. The Hall–Kier alpha value is -3.17. The zero-order valence-electron chi connectivity index (χ0n) is 18.4. The maximum absolute atomic E-state index is 14.7. The topological polar surface area (TPSA) is 124 Å². The highest BCUT2D eigenvalue weighted by atomic mass is 32.2. The second-order valence-corrected chi connectivity index (χ2v) is 9.46. The number of hydrogen-bond donors (Lipinski definition) is 2. The number of pyridine rings is 1. The monoisotopic (exact) mass is 515 g/mol. The molecule has 0 unspecified atom stereocenters. The second kappa shape index (κ2) is 9.83. The molecular formula is C20H21F4N7O3S. The lowest BCUT2D eigenvalue weighted by Gasteiger charge is -2.26. The standard InChI is InChI=1S/C20H21F4N7O3S/c1-12-25-10-16(31(12)14-4-6-34-7-5-14)18-15(21)9-27-19(30-18)29-13-2-3-17(26-8-13)35(32,33)28-11-20(22,23)24/h2-3,8-10,14,28H,4-7,11H2,1H3,(H,27,29,30). The second-order valence-electron chi connectivity index (χ2n) is 7.74. The first-order valence-electron chi connectivity index (χ1n) is 10.5. The zero-order valence-corrected chi connectivity index (χ0v) is 19.2. The Kier molecular flexibility index (Phi) is 7.00. The molecule has 1 fully saturated rings. The molecule has 4 heterocycles. The van der Waals surface area contributed by atoms with Crippen molar-refractivity contribution in [2.75, 3.05) is 25.1 Å². The highest BCUT2D eigenvalue weighted by Crippen LogP contribution is 2.31. The number of hydrogen-bond acceptors (Lipinski definition) is 8. The van der Waals surface area contributed by atoms with Crippen LogP contribution < -0.4 is 10.0 Å². The van der Waals surface area contributed by atoms with Crippen LogP contribution in [0.15, 0.2) is 35.7 Å². The van der Waals surface area contributed by atoms with E-state index in [0.717, 1.165) is 31.3 Å². The molecule has 0 bridgehead atoms. The molecule has 0 aromatic carbocycles. The SMILES string of the molecule is Cc1ncc(-c2nc(Nc3ccc(S(=O)(=O)NCC(F)(F)F)nc3)ncc2F)n1C1CCOCC1. The molecule has 1 aliphatic heterocycles. The lowest BCUT2D eigenvalue weighted by Crippen LogP contribution is -2.34. The van der Waals surface area contributed by atoms with E-state index in [1.54, 1.807) is 0 Å². The van der Waals surface area contributed by atoms with Crippen LogP contribution in [0.3, 0.4) is 0 Å². The van der Waals surface area contributed by atoms with Gasteiger partial charge in [0, 0.05) is 19.3 Å². The fourth-order valence-corrected chi connectivity index (χ4v) is 4.57. The number of imidazole rings is 1. The molecule has 4 rings (SSSR count). The third-order valence-corrected chi connectivity index (χ3v) is 6.57. The summed E-state index contributed by atoms with van der Waals surface area (Å²) in [6.07, 6.45) is 0.418. The van der Waals surface area contributed by atoms with Gasteiger partial charge in [0.05, 0.1) is 30.0 Å². The fourth-order valence-electron chi connectivity index (χ4n) is 3.63. The lowest BCUT2D eigenvalue weighted by atomic mass is 10.1. The summed E-state index contributed by atoms with van der Waals surface area (Å²) in [4.78, 5) is 16.2. The summed E-state index contributed by atoms with van der Waals surface area (Å²) in [5, 5.41) is 2.19. The van der Waals surface area contributed by atoms with Crippen LogP contribution in [0.1, 0.15) is 24.7 Å². The minimum absolute atomic E-state index is 0.00591. The maximum Gasteiger partial charge on any atom is 0.402 e. The number of nitrogens with zero attached hydrogens (tertiary/aromatic N) is 5. The number of aromatic nitrogens is 5. The van der Waals surface area contributed by atoms with Crippen LogP contribution in [-0.4, -0.2) is 58.9 Å². The number of alkyl halides is 3. The van der Waals surface area contributed by atoms with E-state index in [1.807, 2.05) is 11.5 Å². The molecule has 35 heavy (non-hydrogen) atoms. The zero-order chi connectivity index (χ0) is 25.2. The van der Waals surface area contributed by atoms with Crippen LogP contribution in [0.2, 0.25) is 0 Å². The first kappa shape index (κ1) is 24.9. The molecule has 3 aromatic heterocycles. The average molecular weight is 515 g/mol. The van der Waals surface area contributed by atoms with Crippen LogP contribution in [0.4, 0.5) is 29.2 Å². The van der Waals surface area contributed by atoms with E-state index < -0.39 is 33.6 Å². The Bertz CT molecular complexity index is 1290. The molecule has 0 saturated carbocycles. The van der Waals surface area contributed by atoms with Crippen LogP contribution >= 0.6 is 0 Å². The first-order valence-corrected chi connectivity index (χ1v) is 12.0. The maximum atomic E-state index is 14.7. The quantitative estimate of drug-likeness (QED) is 0.460. The summed E-state index contributed by atoms with van der Waals surface area (Å²) in [6, 6.07) is 2.38. The number of rotatable bonds is 7. The van der Waals surface area contributed by atoms with Crippen molar-refractivity contribution < 1.29 is 30.7 Å². The molecule has 188 valence electrons. The first-order chi connectivity index (χ1) is 16.5. The van der Waals surface area contributed by atoms with E-state index in [4.69, 9.17) is 4.74 Å². The molecule has 15 heteroatoms. The van der Waals surface area contributed by atoms with E-state index in [0.29, 0.717) is 24.7 Å². The fraction of sp³-hybridized carbons (Fsp3) is 0.400. The molecule has 3 aromatic rings. The largest absolute Gasteiger partial charge is 0.402 e. The summed E-state index contributed by atoms with van der Waals surface area (Å²) >= 11 is 0. The van der Waals surface area contributed by atoms with Crippen molar-refractivity contribution in [3.05, 3.63) is 42.4 Å². The molecule has 0 spiro atoms. The van der Waals surface area contributed by atoms with Crippen molar-refractivity contribution >= 4 is 21.7 Å². The van der Waals surface area contributed by atoms with E-state index in [1.165, 1.54) is 17.0 Å². The van der Waals surface area contributed by atoms with Gasteiger partial charge >= 0.3 is 6.18 Å². The lowest BCUT2D eigenvalue weighted by molar-refractivity contribution is -0.121. The average Bonchev–Trinajstić information content (AvgIpc) is 3.21. The van der Waals surface area contributed by atoms with E-state index in [-0.39, 0.29) is 23.4 Å². The third kappa shape index (κ3) is 5.91. The van der Waals surface area contributed by atoms with Gasteiger partial charge in [0.15, 0.2) is 10.8 Å². The van der Waals surface area contributed by atoms with Crippen LogP contribution in [0, 0.1) is 12.7 Å². The smallest absolute Gasteiger partial charge is 0.381 e. The van der Waals surface area contributed by atoms with Gasteiger partial charge in [-0.3, -0.25) is 0 Å². The van der Waals surface area contributed by atoms with Gasteiger partial charge in [-0.2, -0.15) is 13.2 Å². The molecular weight excluding hydrogens is 494 g/mol. The molecule has 10 nitrogen and oxygen atoms in total. The minimum atomic E-state index is -4.70. The highest BCUT2D eigenvalue weighted by Gasteiger charge is 2.30. The van der Waals surface area contributed by atoms with E-state index in [2.05, 4.69) is 25.3 Å². The number of ether oxygens (including phenoxy) is 1. The molecule has 1 aliphatic rings. The number of aryl methyl sites for hydroxylation is 1. The third-order valence-electron chi connectivity index (χ3n) is 5.25. The molecule has 0 atom stereocenters. The van der Waals surface area contributed by atoms with Gasteiger partial charge in [-0.05, 0) is 31.9 Å². The van der Waals surface area contributed by atoms with Crippen molar-refractivity contribution in [2.24, 2.45) is 0 Å². The van der Waals surface area contributed by atoms with Crippen molar-refractivity contribution in [1.29, 1.82) is 0 Å². The number of anilines is 2. The summed E-state index contributed by atoms with van der Waals surface area (Å²) in [6.45, 7) is 1.28. The van der Waals surface area contributed by atoms with E-state index in [9.17, 15) is 26.0 Å². The van der Waals surface area contributed by atoms with Crippen molar-refractivity contribution in [3.8, 4) is 11.4 Å². The summed E-state index contributed by atoms with van der Waals surface area (Å²) < 4.78 is 84.4. The predicted octanol–water partition coefficient (Wildman–Crippen LogP) is 3.12. The van der Waals surface area contributed by atoms with Gasteiger partial charge in [0.25, 0.3) is 10.0 Å². The Morgan fingerprint density at radius 1 is 1.11 bits per heavy atom. The number of sulfonamides is 1. The Morgan fingerprint density at radius 3 is 2.51 bits per heavy atom. The highest BCUT2D eigenvalue weighted by molar-refractivity contribution is 7.89. The Morgan fingerprint density at radius 2 is 1.86 bits per heavy atom. The van der Waals surface area contributed by atoms with Gasteiger partial charge in [-0.25, -0.2) is 37.5 Å². The summed E-state index contributed by atoms with van der Waals surface area (Å²) in [5.41, 5.74) is 0.747. The van der Waals surface area contributed by atoms with Gasteiger partial charge < -0.3 is 14.6 Å². The number of halogens is 4. The van der Waals surface area contributed by atoms with Gasteiger partial charge in [-0.1, -0.05) is 0 Å². The Balaban J connectivity index is 1.55. The molecule has 1 saturated heterocycles. The molecule has 0 amide bonds. The van der Waals surface area contributed by atoms with Crippen LogP contribution in [0.25, 0.3) is 11.4 Å². The van der Waals surface area contributed by atoms with Crippen LogP contribution in [-0.2, 0) is 14.8 Å². The molecule has 0 aliphatic carbocycles. The molecule has 2 N–H and O–H groups in total. The minimum Gasteiger partial charge on any atom is -0.381 e. The van der Waals surface area contributed by atoms with Gasteiger partial charge in [-0.15, -0.1) is 0 Å². The Labute approximate surface area is 197 Å². The van der Waals surface area contributed by atoms with Crippen LogP contribution in [0.5, 0.6) is 0 Å². The van der Waals surface area contributed by atoms with E-state index >= 15 is 0 Å². The number of nitrogens with one attached hydrogen (secondary N) is 2. The van der Waals surface area contributed by atoms with Crippen molar-refractivity contribution in [1.82, 2.24) is 29.2 Å². The van der Waals surface area contributed by atoms with Crippen molar-refractivity contribution in [2.45, 2.75) is 37.0 Å². The van der Waals surface area contributed by atoms with Crippen molar-refractivity contribution in [3.63, 3.8) is 0 Å². The summed E-state index contributed by atoms with van der Waals surface area (Å²) in [5.74, 6) is 0.0602.